The van der Waals surface area contributed by atoms with Gasteiger partial charge in [-0.05, 0) is 31.2 Å². The molecule has 1 unspecified atom stereocenters. The molecule has 0 fully saturated rings. The van der Waals surface area contributed by atoms with Crippen molar-refractivity contribution >= 4 is 45.7 Å². The van der Waals surface area contributed by atoms with Gasteiger partial charge in [0.2, 0.25) is 12.1 Å². The van der Waals surface area contributed by atoms with Crippen molar-refractivity contribution in [3.8, 4) is 11.4 Å². The van der Waals surface area contributed by atoms with Crippen LogP contribution in [0.25, 0.3) is 11.4 Å². The Balaban J connectivity index is 1.59. The lowest BCUT2D eigenvalue weighted by Crippen LogP contribution is -2.18. The van der Waals surface area contributed by atoms with Crippen molar-refractivity contribution < 1.29 is 14.3 Å². The molecule has 0 radical (unpaired) electrons. The predicted octanol–water partition coefficient (Wildman–Crippen LogP) is 3.64. The van der Waals surface area contributed by atoms with Gasteiger partial charge < -0.3 is 20.7 Å². The van der Waals surface area contributed by atoms with Gasteiger partial charge in [0.15, 0.2) is 5.13 Å². The third-order valence-electron chi connectivity index (χ3n) is 4.53. The molecule has 0 bridgehead atoms. The van der Waals surface area contributed by atoms with Crippen molar-refractivity contribution in [1.29, 1.82) is 0 Å². The van der Waals surface area contributed by atoms with Crippen LogP contribution in [0.3, 0.4) is 0 Å². The first-order valence-electron chi connectivity index (χ1n) is 9.38. The molecule has 0 spiro atoms. The van der Waals surface area contributed by atoms with E-state index in [0.29, 0.717) is 28.6 Å². The van der Waals surface area contributed by atoms with Gasteiger partial charge in [0.25, 0.3) is 5.91 Å². The lowest BCUT2D eigenvalue weighted by atomic mass is 10.1. The zero-order chi connectivity index (χ0) is 21.3. The summed E-state index contributed by atoms with van der Waals surface area (Å²) in [6.07, 6.45) is 0.898. The van der Waals surface area contributed by atoms with E-state index in [9.17, 15) is 9.59 Å². The smallest absolute Gasteiger partial charge is 0.306 e. The second kappa shape index (κ2) is 8.07. The Kier molecular flexibility index (Phi) is 5.32. The fourth-order valence-electron chi connectivity index (χ4n) is 3.06. The van der Waals surface area contributed by atoms with Crippen LogP contribution in [0.1, 0.15) is 29.9 Å². The summed E-state index contributed by atoms with van der Waals surface area (Å²) in [5.74, 6) is -0.399. The third-order valence-corrected chi connectivity index (χ3v) is 5.52. The maximum Gasteiger partial charge on any atom is 0.306 e. The summed E-state index contributed by atoms with van der Waals surface area (Å²) < 4.78 is 5.28. The van der Waals surface area contributed by atoms with Gasteiger partial charge in [0.05, 0.1) is 5.69 Å². The molecule has 3 aromatic rings. The van der Waals surface area contributed by atoms with E-state index in [-0.39, 0.29) is 12.3 Å². The molecule has 154 valence electrons. The van der Waals surface area contributed by atoms with E-state index in [1.165, 1.54) is 0 Å². The van der Waals surface area contributed by atoms with Crippen LogP contribution in [0.15, 0.2) is 30.5 Å². The third kappa shape index (κ3) is 3.81. The quantitative estimate of drug-likeness (QED) is 0.513. The summed E-state index contributed by atoms with van der Waals surface area (Å²) in [5, 5.41) is 9.73. The van der Waals surface area contributed by atoms with Gasteiger partial charge in [-0.1, -0.05) is 6.92 Å². The molecule has 9 nitrogen and oxygen atoms in total. The van der Waals surface area contributed by atoms with Gasteiger partial charge in [-0.15, -0.1) is 11.3 Å². The Bertz CT molecular complexity index is 1130. The van der Waals surface area contributed by atoms with E-state index in [1.807, 2.05) is 14.0 Å². The molecule has 0 saturated heterocycles. The highest BCUT2D eigenvalue weighted by Crippen LogP contribution is 2.36. The number of nitrogens with zero attached hydrogens (tertiary/aromatic N) is 3. The van der Waals surface area contributed by atoms with Crippen molar-refractivity contribution in [2.45, 2.75) is 26.4 Å². The summed E-state index contributed by atoms with van der Waals surface area (Å²) in [5.41, 5.74) is 3.38. The number of fused-ring (bicyclic) bond motifs is 1. The first kappa shape index (κ1) is 19.8. The summed E-state index contributed by atoms with van der Waals surface area (Å²) in [6, 6.07) is 7.11. The molecule has 3 heterocycles. The summed E-state index contributed by atoms with van der Waals surface area (Å²) in [4.78, 5) is 38.3. The standard InChI is InChI=1S/C20H20N6O3S/c1-4-15(27)29-17-12-9-11(5-6-13(12)24-18(17)28)23-19-22-8-7-14(25-19)16-10(2)30-20(21-3)26-16/h5-9,17H,4H2,1-3H3,(H,21,26)(H,24,28)(H,22,23,25). The number of ether oxygens (including phenoxy) is 1. The molecule has 1 aliphatic heterocycles. The Labute approximate surface area is 176 Å². The Hall–Kier alpha value is -3.53. The zero-order valence-electron chi connectivity index (χ0n) is 16.6. The SMILES string of the molecule is CCC(=O)OC1C(=O)Nc2ccc(Nc3nccc(-c4nc(NC)sc4C)n3)cc21. The number of carbonyl (C=O) groups excluding carboxylic acids is 2. The van der Waals surface area contributed by atoms with Crippen molar-refractivity contribution in [3.05, 3.63) is 40.9 Å². The fourth-order valence-corrected chi connectivity index (χ4v) is 3.84. The number of esters is 1. The Morgan fingerprint density at radius 2 is 2.13 bits per heavy atom. The van der Waals surface area contributed by atoms with Crippen LogP contribution in [0, 0.1) is 6.92 Å². The highest BCUT2D eigenvalue weighted by molar-refractivity contribution is 7.15. The normalized spacial score (nSPS) is 14.8. The Morgan fingerprint density at radius 3 is 2.87 bits per heavy atom. The number of amides is 1. The highest BCUT2D eigenvalue weighted by atomic mass is 32.1. The predicted molar refractivity (Wildman–Crippen MR) is 115 cm³/mol. The molecule has 1 amide bonds. The highest BCUT2D eigenvalue weighted by Gasteiger charge is 2.33. The molecule has 1 aromatic carbocycles. The van der Waals surface area contributed by atoms with Crippen LogP contribution in [0.4, 0.5) is 22.5 Å². The van der Waals surface area contributed by atoms with Crippen molar-refractivity contribution in [3.63, 3.8) is 0 Å². The molecule has 1 aliphatic rings. The van der Waals surface area contributed by atoms with Gasteiger partial charge in [0, 0.05) is 41.5 Å². The van der Waals surface area contributed by atoms with Crippen LogP contribution >= 0.6 is 11.3 Å². The molecule has 30 heavy (non-hydrogen) atoms. The molecule has 1 atom stereocenters. The Morgan fingerprint density at radius 1 is 1.30 bits per heavy atom. The number of rotatable bonds is 6. The molecule has 0 aliphatic carbocycles. The maximum atomic E-state index is 12.2. The van der Waals surface area contributed by atoms with Gasteiger partial charge in [-0.2, -0.15) is 0 Å². The van der Waals surface area contributed by atoms with E-state index < -0.39 is 12.1 Å². The second-order valence-corrected chi connectivity index (χ2v) is 7.78. The largest absolute Gasteiger partial charge is 0.447 e. The first-order valence-corrected chi connectivity index (χ1v) is 10.2. The van der Waals surface area contributed by atoms with E-state index >= 15 is 0 Å². The van der Waals surface area contributed by atoms with E-state index in [1.54, 1.807) is 48.7 Å². The number of hydrogen-bond acceptors (Lipinski definition) is 9. The number of aromatic nitrogens is 3. The maximum absolute atomic E-state index is 12.2. The lowest BCUT2D eigenvalue weighted by Gasteiger charge is -2.12. The molecular formula is C20H20N6O3S. The average molecular weight is 424 g/mol. The monoisotopic (exact) mass is 424 g/mol. The zero-order valence-corrected chi connectivity index (χ0v) is 17.5. The molecule has 4 rings (SSSR count). The van der Waals surface area contributed by atoms with Crippen LogP contribution in [-0.2, 0) is 14.3 Å². The molecular weight excluding hydrogens is 404 g/mol. The summed E-state index contributed by atoms with van der Waals surface area (Å²) in [7, 11) is 1.83. The van der Waals surface area contributed by atoms with Gasteiger partial charge in [0.1, 0.15) is 5.69 Å². The molecule has 3 N–H and O–H groups in total. The number of nitrogens with one attached hydrogen (secondary N) is 3. The minimum absolute atomic E-state index is 0.197. The summed E-state index contributed by atoms with van der Waals surface area (Å²) in [6.45, 7) is 3.67. The number of aryl methyl sites for hydroxylation is 1. The summed E-state index contributed by atoms with van der Waals surface area (Å²) >= 11 is 1.56. The van der Waals surface area contributed by atoms with Crippen LogP contribution in [0.5, 0.6) is 0 Å². The number of benzene rings is 1. The van der Waals surface area contributed by atoms with Gasteiger partial charge in [-0.3, -0.25) is 9.59 Å². The number of anilines is 4. The van der Waals surface area contributed by atoms with Crippen molar-refractivity contribution in [2.75, 3.05) is 23.0 Å². The van der Waals surface area contributed by atoms with E-state index in [0.717, 1.165) is 15.7 Å². The fraction of sp³-hybridized carbons (Fsp3) is 0.250. The molecule has 2 aromatic heterocycles. The topological polar surface area (TPSA) is 118 Å². The van der Waals surface area contributed by atoms with Crippen LogP contribution < -0.4 is 16.0 Å². The minimum Gasteiger partial charge on any atom is -0.447 e. The van der Waals surface area contributed by atoms with Crippen molar-refractivity contribution in [2.24, 2.45) is 0 Å². The average Bonchev–Trinajstić information content (AvgIpc) is 3.27. The van der Waals surface area contributed by atoms with Gasteiger partial charge in [-0.25, -0.2) is 15.0 Å². The minimum atomic E-state index is -0.959. The number of hydrogen-bond donors (Lipinski definition) is 3. The molecule has 10 heteroatoms. The van der Waals surface area contributed by atoms with Crippen molar-refractivity contribution in [1.82, 2.24) is 15.0 Å². The van der Waals surface area contributed by atoms with E-state index in [4.69, 9.17) is 4.74 Å². The van der Waals surface area contributed by atoms with Crippen LogP contribution in [-0.4, -0.2) is 33.9 Å². The van der Waals surface area contributed by atoms with Crippen LogP contribution in [0.2, 0.25) is 0 Å². The van der Waals surface area contributed by atoms with Gasteiger partial charge >= 0.3 is 5.97 Å². The second-order valence-electron chi connectivity index (χ2n) is 6.58. The molecule has 0 saturated carbocycles. The number of thiazole rings is 1. The first-order chi connectivity index (χ1) is 14.5. The number of carbonyl (C=O) groups is 2. The lowest BCUT2D eigenvalue weighted by molar-refractivity contribution is -0.153. The van der Waals surface area contributed by atoms with E-state index in [2.05, 4.69) is 30.9 Å².